The lowest BCUT2D eigenvalue weighted by atomic mass is 9.98. The smallest absolute Gasteiger partial charge is 0.237 e. The van der Waals surface area contributed by atoms with E-state index in [0.29, 0.717) is 16.3 Å². The van der Waals surface area contributed by atoms with Gasteiger partial charge in [-0.25, -0.2) is 4.98 Å². The van der Waals surface area contributed by atoms with Gasteiger partial charge in [-0.2, -0.15) is 5.26 Å². The Balaban J connectivity index is 1.78. The number of amides is 1. The number of aryl methyl sites for hydroxylation is 2. The summed E-state index contributed by atoms with van der Waals surface area (Å²) in [4.78, 5) is 17.9. The first kappa shape index (κ1) is 25.0. The molecule has 0 fully saturated rings. The third-order valence-electron chi connectivity index (χ3n) is 5.90. The summed E-state index contributed by atoms with van der Waals surface area (Å²) in [5, 5.41) is 13.2. The van der Waals surface area contributed by atoms with E-state index in [1.54, 1.807) is 7.11 Å². The first-order chi connectivity index (χ1) is 17.4. The maximum Gasteiger partial charge on any atom is 0.237 e. The number of hydrogen-bond acceptors (Lipinski definition) is 5. The average molecular weight is 494 g/mol. The predicted molar refractivity (Wildman–Crippen MR) is 146 cm³/mol. The summed E-state index contributed by atoms with van der Waals surface area (Å²) in [6.07, 6.45) is 0. The van der Waals surface area contributed by atoms with E-state index in [9.17, 15) is 10.1 Å². The number of nitriles is 1. The van der Waals surface area contributed by atoms with Crippen molar-refractivity contribution in [3.05, 3.63) is 95.6 Å². The van der Waals surface area contributed by atoms with Gasteiger partial charge in [0, 0.05) is 22.4 Å². The molecule has 4 rings (SSSR count). The second-order valence-corrected chi connectivity index (χ2v) is 9.81. The Kier molecular flexibility index (Phi) is 7.72. The summed E-state index contributed by atoms with van der Waals surface area (Å²) < 4.78 is 5.60. The van der Waals surface area contributed by atoms with Crippen molar-refractivity contribution in [2.24, 2.45) is 0 Å². The Hall–Kier alpha value is -4.08. The molecule has 180 valence electrons. The van der Waals surface area contributed by atoms with Gasteiger partial charge in [0.15, 0.2) is 0 Å². The molecule has 4 aromatic rings. The third kappa shape index (κ3) is 5.42. The number of carbonyl (C=O) groups is 1. The molecule has 3 aromatic carbocycles. The van der Waals surface area contributed by atoms with Crippen LogP contribution >= 0.6 is 11.8 Å². The van der Waals surface area contributed by atoms with Gasteiger partial charge < -0.3 is 10.1 Å². The van der Waals surface area contributed by atoms with Crippen LogP contribution < -0.4 is 10.1 Å². The SMILES string of the molecule is COc1ccccc1-c1cc(-c2ccc(C)cc2)nc(SC(C)C(=O)Nc2ccccc2C)c1C#N. The van der Waals surface area contributed by atoms with Crippen LogP contribution in [0.15, 0.2) is 83.9 Å². The second-order valence-electron chi connectivity index (χ2n) is 8.48. The minimum atomic E-state index is -0.483. The number of ether oxygens (including phenoxy) is 1. The normalized spacial score (nSPS) is 11.4. The van der Waals surface area contributed by atoms with Gasteiger partial charge in [-0.15, -0.1) is 0 Å². The summed E-state index contributed by atoms with van der Waals surface area (Å²) in [5.74, 6) is 0.510. The van der Waals surface area contributed by atoms with Crippen LogP contribution in [0.5, 0.6) is 5.75 Å². The molecular formula is C30H27N3O2S. The summed E-state index contributed by atoms with van der Waals surface area (Å²) in [6, 6.07) is 27.6. The van der Waals surface area contributed by atoms with Crippen LogP contribution in [0.25, 0.3) is 22.4 Å². The molecule has 1 unspecified atom stereocenters. The van der Waals surface area contributed by atoms with Crippen LogP contribution in [0.2, 0.25) is 0 Å². The van der Waals surface area contributed by atoms with Crippen molar-refractivity contribution in [2.75, 3.05) is 12.4 Å². The van der Waals surface area contributed by atoms with Crippen LogP contribution in [0, 0.1) is 25.2 Å². The third-order valence-corrected chi connectivity index (χ3v) is 6.99. The number of aromatic nitrogens is 1. The Bertz CT molecular complexity index is 1440. The molecule has 1 atom stereocenters. The quantitative estimate of drug-likeness (QED) is 0.280. The predicted octanol–water partition coefficient (Wildman–Crippen LogP) is 7.03. The van der Waals surface area contributed by atoms with Gasteiger partial charge in [0.25, 0.3) is 0 Å². The molecular weight excluding hydrogens is 466 g/mol. The number of nitrogens with zero attached hydrogens (tertiary/aromatic N) is 2. The second kappa shape index (κ2) is 11.1. The fraction of sp³-hybridized carbons (Fsp3) is 0.167. The zero-order valence-corrected chi connectivity index (χ0v) is 21.5. The minimum absolute atomic E-state index is 0.153. The van der Waals surface area contributed by atoms with Gasteiger partial charge in [-0.3, -0.25) is 4.79 Å². The van der Waals surface area contributed by atoms with Gasteiger partial charge >= 0.3 is 0 Å². The largest absolute Gasteiger partial charge is 0.496 e. The van der Waals surface area contributed by atoms with Crippen LogP contribution in [-0.2, 0) is 4.79 Å². The average Bonchev–Trinajstić information content (AvgIpc) is 2.89. The van der Waals surface area contributed by atoms with E-state index >= 15 is 0 Å². The number of hydrogen-bond donors (Lipinski definition) is 1. The number of pyridine rings is 1. The molecule has 1 amide bonds. The summed E-state index contributed by atoms with van der Waals surface area (Å²) in [7, 11) is 1.61. The van der Waals surface area contributed by atoms with Crippen molar-refractivity contribution in [1.29, 1.82) is 5.26 Å². The van der Waals surface area contributed by atoms with Crippen molar-refractivity contribution in [3.8, 4) is 34.2 Å². The fourth-order valence-electron chi connectivity index (χ4n) is 3.84. The first-order valence-electron chi connectivity index (χ1n) is 11.6. The maximum absolute atomic E-state index is 13.1. The number of para-hydroxylation sites is 2. The van der Waals surface area contributed by atoms with Gasteiger partial charge in [0.05, 0.1) is 23.6 Å². The lowest BCUT2D eigenvalue weighted by Gasteiger charge is -2.17. The van der Waals surface area contributed by atoms with Crippen LogP contribution in [0.4, 0.5) is 5.69 Å². The zero-order valence-electron chi connectivity index (χ0n) is 20.7. The number of benzene rings is 3. The lowest BCUT2D eigenvalue weighted by molar-refractivity contribution is -0.115. The summed E-state index contributed by atoms with van der Waals surface area (Å²) in [6.45, 7) is 5.81. The van der Waals surface area contributed by atoms with E-state index in [1.165, 1.54) is 11.8 Å². The molecule has 1 N–H and O–H groups in total. The highest BCUT2D eigenvalue weighted by Crippen LogP contribution is 2.39. The Morgan fingerprint density at radius 2 is 1.69 bits per heavy atom. The highest BCUT2D eigenvalue weighted by Gasteiger charge is 2.23. The summed E-state index contributed by atoms with van der Waals surface area (Å²) in [5.41, 5.74) is 6.49. The number of methoxy groups -OCH3 is 1. The Morgan fingerprint density at radius 3 is 2.39 bits per heavy atom. The van der Waals surface area contributed by atoms with Gasteiger partial charge in [-0.05, 0) is 44.5 Å². The molecule has 0 aliphatic rings. The molecule has 0 aliphatic heterocycles. The van der Waals surface area contributed by atoms with E-state index < -0.39 is 5.25 Å². The number of thioether (sulfide) groups is 1. The van der Waals surface area contributed by atoms with Crippen molar-refractivity contribution >= 4 is 23.4 Å². The van der Waals surface area contributed by atoms with Gasteiger partial charge in [-0.1, -0.05) is 78.0 Å². The molecule has 0 bridgehead atoms. The number of rotatable bonds is 7. The first-order valence-corrected chi connectivity index (χ1v) is 12.5. The standard InChI is InChI=1S/C30H27N3O2S/c1-19-13-15-22(16-14-19)27-17-24(23-10-6-8-12-28(23)35-4)25(18-31)30(33-27)36-21(3)29(34)32-26-11-7-5-9-20(26)2/h5-17,21H,1-4H3,(H,32,34). The highest BCUT2D eigenvalue weighted by molar-refractivity contribution is 8.00. The zero-order chi connectivity index (χ0) is 25.7. The van der Waals surface area contributed by atoms with E-state index in [-0.39, 0.29) is 5.91 Å². The molecule has 5 nitrogen and oxygen atoms in total. The molecule has 0 spiro atoms. The molecule has 6 heteroatoms. The van der Waals surface area contributed by atoms with Crippen molar-refractivity contribution in [3.63, 3.8) is 0 Å². The van der Waals surface area contributed by atoms with Crippen LogP contribution in [0.3, 0.4) is 0 Å². The molecule has 0 saturated carbocycles. The van der Waals surface area contributed by atoms with Crippen LogP contribution in [-0.4, -0.2) is 23.3 Å². The number of anilines is 1. The summed E-state index contributed by atoms with van der Waals surface area (Å²) >= 11 is 1.28. The van der Waals surface area contributed by atoms with E-state index in [1.807, 2.05) is 99.6 Å². The van der Waals surface area contributed by atoms with Crippen molar-refractivity contribution in [1.82, 2.24) is 4.98 Å². The number of nitrogens with one attached hydrogen (secondary N) is 1. The molecule has 0 aliphatic carbocycles. The lowest BCUT2D eigenvalue weighted by Crippen LogP contribution is -2.23. The van der Waals surface area contributed by atoms with Crippen LogP contribution in [0.1, 0.15) is 23.6 Å². The van der Waals surface area contributed by atoms with Gasteiger partial charge in [0.1, 0.15) is 16.8 Å². The van der Waals surface area contributed by atoms with E-state index in [4.69, 9.17) is 9.72 Å². The van der Waals surface area contributed by atoms with E-state index in [0.717, 1.165) is 39.2 Å². The number of carbonyl (C=O) groups excluding carboxylic acids is 1. The van der Waals surface area contributed by atoms with Gasteiger partial charge in [0.2, 0.25) is 5.91 Å². The maximum atomic E-state index is 13.1. The molecule has 0 radical (unpaired) electrons. The monoisotopic (exact) mass is 493 g/mol. The van der Waals surface area contributed by atoms with Crippen molar-refractivity contribution in [2.45, 2.75) is 31.0 Å². The van der Waals surface area contributed by atoms with E-state index in [2.05, 4.69) is 11.4 Å². The van der Waals surface area contributed by atoms with Crippen molar-refractivity contribution < 1.29 is 9.53 Å². The topological polar surface area (TPSA) is 75.0 Å². The molecule has 0 saturated heterocycles. The molecule has 1 heterocycles. The molecule has 1 aromatic heterocycles. The minimum Gasteiger partial charge on any atom is -0.496 e. The molecule has 36 heavy (non-hydrogen) atoms. The fourth-order valence-corrected chi connectivity index (χ4v) is 4.76. The Morgan fingerprint density at radius 1 is 1.00 bits per heavy atom. The Labute approximate surface area is 216 Å². The highest BCUT2D eigenvalue weighted by atomic mass is 32.2.